The number of aldehydes is 1. The van der Waals surface area contributed by atoms with Crippen molar-refractivity contribution in [3.63, 3.8) is 0 Å². The van der Waals surface area contributed by atoms with Gasteiger partial charge in [0.05, 0.1) is 11.2 Å². The standard InChI is InChI=1S/C15H13N3O/c1-10-7-15(17-18(10)2)12-4-6-14-11(8-12)3-5-13(9-19)16-14/h3-9H,1-2H3. The zero-order chi connectivity index (χ0) is 13.4. The molecule has 0 aliphatic rings. The summed E-state index contributed by atoms with van der Waals surface area (Å²) in [5.41, 5.74) is 4.39. The molecule has 1 aromatic carbocycles. The van der Waals surface area contributed by atoms with E-state index in [2.05, 4.69) is 10.1 Å². The lowest BCUT2D eigenvalue weighted by atomic mass is 10.1. The topological polar surface area (TPSA) is 47.8 Å². The number of benzene rings is 1. The first-order valence-corrected chi connectivity index (χ1v) is 6.04. The van der Waals surface area contributed by atoms with Crippen LogP contribution in [-0.4, -0.2) is 21.1 Å². The summed E-state index contributed by atoms with van der Waals surface area (Å²) >= 11 is 0. The van der Waals surface area contributed by atoms with E-state index >= 15 is 0 Å². The maximum atomic E-state index is 10.7. The first kappa shape index (κ1) is 11.6. The van der Waals surface area contributed by atoms with E-state index < -0.39 is 0 Å². The van der Waals surface area contributed by atoms with Crippen molar-refractivity contribution in [2.24, 2.45) is 7.05 Å². The summed E-state index contributed by atoms with van der Waals surface area (Å²) < 4.78 is 1.85. The van der Waals surface area contributed by atoms with Gasteiger partial charge in [0.2, 0.25) is 0 Å². The second kappa shape index (κ2) is 4.31. The molecule has 4 nitrogen and oxygen atoms in total. The third-order valence-corrected chi connectivity index (χ3v) is 3.24. The Bertz CT molecular complexity index is 755. The summed E-state index contributed by atoms with van der Waals surface area (Å²) in [4.78, 5) is 15.0. The van der Waals surface area contributed by atoms with Gasteiger partial charge in [-0.25, -0.2) is 4.98 Å². The van der Waals surface area contributed by atoms with Crippen LogP contribution in [0.2, 0.25) is 0 Å². The highest BCUT2D eigenvalue weighted by Crippen LogP contribution is 2.23. The van der Waals surface area contributed by atoms with Gasteiger partial charge >= 0.3 is 0 Å². The van der Waals surface area contributed by atoms with E-state index in [-0.39, 0.29) is 0 Å². The monoisotopic (exact) mass is 251 g/mol. The van der Waals surface area contributed by atoms with E-state index in [0.717, 1.165) is 34.1 Å². The number of nitrogens with zero attached hydrogens (tertiary/aromatic N) is 3. The molecular formula is C15H13N3O. The van der Waals surface area contributed by atoms with Crippen molar-refractivity contribution in [1.82, 2.24) is 14.8 Å². The first-order chi connectivity index (χ1) is 9.17. The molecule has 0 N–H and O–H groups in total. The molecule has 2 heterocycles. The Hall–Kier alpha value is -2.49. The van der Waals surface area contributed by atoms with Gasteiger partial charge < -0.3 is 0 Å². The van der Waals surface area contributed by atoms with Gasteiger partial charge in [-0.05, 0) is 31.2 Å². The molecule has 3 aromatic rings. The molecule has 19 heavy (non-hydrogen) atoms. The van der Waals surface area contributed by atoms with E-state index in [1.165, 1.54) is 0 Å². The van der Waals surface area contributed by atoms with E-state index in [4.69, 9.17) is 0 Å². The Balaban J connectivity index is 2.13. The number of carbonyl (C=O) groups excluding carboxylic acids is 1. The summed E-state index contributed by atoms with van der Waals surface area (Å²) in [6.45, 7) is 2.02. The predicted molar refractivity (Wildman–Crippen MR) is 74.1 cm³/mol. The van der Waals surface area contributed by atoms with Crippen LogP contribution in [0, 0.1) is 6.92 Å². The van der Waals surface area contributed by atoms with Crippen molar-refractivity contribution < 1.29 is 4.79 Å². The number of aromatic nitrogens is 3. The number of hydrogen-bond acceptors (Lipinski definition) is 3. The molecule has 0 fully saturated rings. The minimum Gasteiger partial charge on any atom is -0.296 e. The number of aryl methyl sites for hydroxylation is 2. The molecule has 0 aliphatic heterocycles. The van der Waals surface area contributed by atoms with Gasteiger partial charge in [-0.2, -0.15) is 5.10 Å². The van der Waals surface area contributed by atoms with Gasteiger partial charge in [0, 0.05) is 23.7 Å². The number of pyridine rings is 1. The third kappa shape index (κ3) is 2.01. The molecule has 0 radical (unpaired) electrons. The highest BCUT2D eigenvalue weighted by molar-refractivity contribution is 5.86. The molecule has 0 saturated carbocycles. The van der Waals surface area contributed by atoms with Crippen molar-refractivity contribution >= 4 is 17.2 Å². The lowest BCUT2D eigenvalue weighted by Gasteiger charge is -2.01. The van der Waals surface area contributed by atoms with Gasteiger partial charge in [-0.1, -0.05) is 12.1 Å². The van der Waals surface area contributed by atoms with E-state index in [1.807, 2.05) is 49.0 Å². The quantitative estimate of drug-likeness (QED) is 0.658. The molecule has 0 saturated heterocycles. The fourth-order valence-corrected chi connectivity index (χ4v) is 2.07. The number of rotatable bonds is 2. The van der Waals surface area contributed by atoms with Crippen LogP contribution in [-0.2, 0) is 7.05 Å². The normalized spacial score (nSPS) is 10.8. The molecule has 0 bridgehead atoms. The van der Waals surface area contributed by atoms with E-state index in [9.17, 15) is 4.79 Å². The van der Waals surface area contributed by atoms with Crippen LogP contribution in [0.5, 0.6) is 0 Å². The Labute approximate surface area is 110 Å². The number of fused-ring (bicyclic) bond motifs is 1. The summed E-state index contributed by atoms with van der Waals surface area (Å²) in [6, 6.07) is 11.6. The number of carbonyl (C=O) groups is 1. The minimum absolute atomic E-state index is 0.453. The summed E-state index contributed by atoms with van der Waals surface area (Å²) in [5, 5.41) is 5.47. The fraction of sp³-hybridized carbons (Fsp3) is 0.133. The minimum atomic E-state index is 0.453. The predicted octanol–water partition coefficient (Wildman–Crippen LogP) is 2.76. The van der Waals surface area contributed by atoms with Gasteiger partial charge in [0.25, 0.3) is 0 Å². The Morgan fingerprint density at radius 1 is 1.16 bits per heavy atom. The second-order valence-electron chi connectivity index (χ2n) is 4.56. The molecule has 0 unspecified atom stereocenters. The molecule has 3 rings (SSSR count). The largest absolute Gasteiger partial charge is 0.296 e. The van der Waals surface area contributed by atoms with Gasteiger partial charge in [0.1, 0.15) is 5.69 Å². The van der Waals surface area contributed by atoms with Gasteiger partial charge in [-0.15, -0.1) is 0 Å². The highest BCUT2D eigenvalue weighted by atomic mass is 16.1. The third-order valence-electron chi connectivity index (χ3n) is 3.24. The Morgan fingerprint density at radius 2 is 2.00 bits per heavy atom. The molecule has 4 heteroatoms. The lowest BCUT2D eigenvalue weighted by Crippen LogP contribution is -1.92. The van der Waals surface area contributed by atoms with E-state index in [1.54, 1.807) is 6.07 Å². The van der Waals surface area contributed by atoms with Crippen molar-refractivity contribution in [1.29, 1.82) is 0 Å². The average Bonchev–Trinajstić information content (AvgIpc) is 2.77. The summed E-state index contributed by atoms with van der Waals surface area (Å²) in [7, 11) is 1.93. The van der Waals surface area contributed by atoms with E-state index in [0.29, 0.717) is 5.69 Å². The molecule has 2 aromatic heterocycles. The maximum Gasteiger partial charge on any atom is 0.168 e. The van der Waals surface area contributed by atoms with Crippen LogP contribution >= 0.6 is 0 Å². The molecule has 94 valence electrons. The smallest absolute Gasteiger partial charge is 0.168 e. The molecule has 0 atom stereocenters. The van der Waals surface area contributed by atoms with Crippen LogP contribution in [0.1, 0.15) is 16.2 Å². The second-order valence-corrected chi connectivity index (χ2v) is 4.56. The van der Waals surface area contributed by atoms with Crippen molar-refractivity contribution in [2.75, 3.05) is 0 Å². The highest BCUT2D eigenvalue weighted by Gasteiger charge is 2.06. The number of hydrogen-bond donors (Lipinski definition) is 0. The van der Waals surface area contributed by atoms with Crippen LogP contribution in [0.15, 0.2) is 36.4 Å². The molecule has 0 amide bonds. The van der Waals surface area contributed by atoms with Crippen molar-refractivity contribution in [2.45, 2.75) is 6.92 Å². The zero-order valence-corrected chi connectivity index (χ0v) is 10.8. The van der Waals surface area contributed by atoms with Crippen molar-refractivity contribution in [3.8, 4) is 11.3 Å². The van der Waals surface area contributed by atoms with Crippen LogP contribution < -0.4 is 0 Å². The molecule has 0 aliphatic carbocycles. The zero-order valence-electron chi connectivity index (χ0n) is 10.8. The lowest BCUT2D eigenvalue weighted by molar-refractivity contribution is 0.111. The van der Waals surface area contributed by atoms with Crippen molar-refractivity contribution in [3.05, 3.63) is 47.8 Å². The molecular weight excluding hydrogens is 238 g/mol. The summed E-state index contributed by atoms with van der Waals surface area (Å²) in [5.74, 6) is 0. The fourth-order valence-electron chi connectivity index (χ4n) is 2.07. The van der Waals surface area contributed by atoms with Gasteiger partial charge in [0.15, 0.2) is 6.29 Å². The van der Waals surface area contributed by atoms with Crippen LogP contribution in [0.3, 0.4) is 0 Å². The SMILES string of the molecule is Cc1cc(-c2ccc3nc(C=O)ccc3c2)nn1C. The van der Waals surface area contributed by atoms with Crippen LogP contribution in [0.4, 0.5) is 0 Å². The maximum absolute atomic E-state index is 10.7. The molecule has 0 spiro atoms. The first-order valence-electron chi connectivity index (χ1n) is 6.04. The Kier molecular flexibility index (Phi) is 2.63. The van der Waals surface area contributed by atoms with Crippen LogP contribution in [0.25, 0.3) is 22.2 Å². The Morgan fingerprint density at radius 3 is 2.68 bits per heavy atom. The van der Waals surface area contributed by atoms with Gasteiger partial charge in [-0.3, -0.25) is 9.48 Å². The summed E-state index contributed by atoms with van der Waals surface area (Å²) in [6.07, 6.45) is 0.759. The average molecular weight is 251 g/mol.